The zero-order valence-corrected chi connectivity index (χ0v) is 12.2. The maximum absolute atomic E-state index is 10.4. The van der Waals surface area contributed by atoms with Crippen molar-refractivity contribution in [3.05, 3.63) is 35.5 Å². The van der Waals surface area contributed by atoms with Crippen molar-refractivity contribution >= 4 is 11.0 Å². The van der Waals surface area contributed by atoms with Crippen LogP contribution in [0, 0.1) is 6.92 Å². The van der Waals surface area contributed by atoms with E-state index in [2.05, 4.69) is 43.0 Å². The normalized spacial score (nSPS) is 11.7. The molecule has 3 aromatic rings. The van der Waals surface area contributed by atoms with Crippen LogP contribution in [0.15, 0.2) is 24.4 Å². The van der Waals surface area contributed by atoms with Crippen LogP contribution in [0.3, 0.4) is 0 Å². The third-order valence-corrected chi connectivity index (χ3v) is 3.67. The second-order valence-electron chi connectivity index (χ2n) is 5.65. The monoisotopic (exact) mass is 269 g/mol. The number of hydrogen-bond donors (Lipinski definition) is 2. The van der Waals surface area contributed by atoms with Crippen LogP contribution in [0.2, 0.25) is 0 Å². The molecule has 0 saturated heterocycles. The molecule has 0 radical (unpaired) electrons. The molecule has 0 aliphatic carbocycles. The number of aromatic nitrogens is 3. The number of imidazole rings is 1. The number of hydrogen-bond acceptors (Lipinski definition) is 2. The zero-order valence-electron chi connectivity index (χ0n) is 12.2. The lowest BCUT2D eigenvalue weighted by atomic mass is 10.0. The highest BCUT2D eigenvalue weighted by Crippen LogP contribution is 2.33. The van der Waals surface area contributed by atoms with E-state index in [1.807, 2.05) is 23.7 Å². The number of benzene rings is 1. The number of fused-ring (bicyclic) bond motifs is 1. The van der Waals surface area contributed by atoms with E-state index in [9.17, 15) is 5.11 Å². The van der Waals surface area contributed by atoms with E-state index in [0.717, 1.165) is 22.6 Å². The molecule has 20 heavy (non-hydrogen) atoms. The largest absolute Gasteiger partial charge is 0.505 e. The minimum absolute atomic E-state index is 0.275. The van der Waals surface area contributed by atoms with Gasteiger partial charge in [0, 0.05) is 13.2 Å². The highest BCUT2D eigenvalue weighted by Gasteiger charge is 2.15. The Morgan fingerprint density at radius 1 is 1.30 bits per heavy atom. The molecule has 1 aromatic carbocycles. The molecule has 0 fully saturated rings. The Hall–Kier alpha value is -2.23. The number of H-pyrrole nitrogens is 1. The van der Waals surface area contributed by atoms with E-state index in [-0.39, 0.29) is 11.7 Å². The standard InChI is InChI=1S/C16H19N3O/c1-9(2)11-5-6-12-14(15(11)20)18-16(17-12)13-7-10(3)8-19(13)4/h5-9,20H,1-4H3,(H,17,18). The fourth-order valence-corrected chi connectivity index (χ4v) is 2.63. The minimum atomic E-state index is 0.275. The Bertz CT molecular complexity index is 780. The fraction of sp³-hybridized carbons (Fsp3) is 0.312. The molecule has 0 amide bonds. The summed E-state index contributed by atoms with van der Waals surface area (Å²) in [6.07, 6.45) is 2.06. The SMILES string of the molecule is Cc1cc(-c2nc3c(O)c(C(C)C)ccc3[nH]2)n(C)c1. The third kappa shape index (κ3) is 1.88. The van der Waals surface area contributed by atoms with E-state index < -0.39 is 0 Å². The molecule has 4 heteroatoms. The van der Waals surface area contributed by atoms with Gasteiger partial charge >= 0.3 is 0 Å². The average Bonchev–Trinajstić information content (AvgIpc) is 2.92. The zero-order chi connectivity index (χ0) is 14.4. The molecule has 2 aromatic heterocycles. The fourth-order valence-electron chi connectivity index (χ4n) is 2.63. The Kier molecular flexibility index (Phi) is 2.82. The highest BCUT2D eigenvalue weighted by molar-refractivity contribution is 5.85. The molecule has 4 nitrogen and oxygen atoms in total. The third-order valence-electron chi connectivity index (χ3n) is 3.67. The second-order valence-corrected chi connectivity index (χ2v) is 5.65. The number of nitrogens with zero attached hydrogens (tertiary/aromatic N) is 2. The summed E-state index contributed by atoms with van der Waals surface area (Å²) in [6, 6.07) is 6.02. The van der Waals surface area contributed by atoms with Crippen molar-refractivity contribution in [3.63, 3.8) is 0 Å². The van der Waals surface area contributed by atoms with Gasteiger partial charge in [-0.05, 0) is 36.1 Å². The lowest BCUT2D eigenvalue weighted by Crippen LogP contribution is -1.90. The summed E-state index contributed by atoms with van der Waals surface area (Å²) in [5.41, 5.74) is 4.64. The van der Waals surface area contributed by atoms with Crippen LogP contribution in [0.1, 0.15) is 30.9 Å². The predicted octanol–water partition coefficient (Wildman–Crippen LogP) is 3.71. The summed E-state index contributed by atoms with van der Waals surface area (Å²) in [5, 5.41) is 10.4. The van der Waals surface area contributed by atoms with Gasteiger partial charge in [-0.15, -0.1) is 0 Å². The van der Waals surface area contributed by atoms with Gasteiger partial charge in [0.2, 0.25) is 0 Å². The Morgan fingerprint density at radius 3 is 2.65 bits per heavy atom. The van der Waals surface area contributed by atoms with E-state index in [0.29, 0.717) is 5.52 Å². The number of phenolic OH excluding ortho intramolecular Hbond substituents is 1. The molecule has 0 bridgehead atoms. The van der Waals surface area contributed by atoms with E-state index >= 15 is 0 Å². The maximum atomic E-state index is 10.4. The minimum Gasteiger partial charge on any atom is -0.505 e. The molecule has 0 aliphatic heterocycles. The van der Waals surface area contributed by atoms with Crippen molar-refractivity contribution < 1.29 is 5.11 Å². The topological polar surface area (TPSA) is 53.8 Å². The van der Waals surface area contributed by atoms with Crippen molar-refractivity contribution in [2.75, 3.05) is 0 Å². The summed E-state index contributed by atoms with van der Waals surface area (Å²) < 4.78 is 2.04. The van der Waals surface area contributed by atoms with Crippen LogP contribution in [0.5, 0.6) is 5.75 Å². The number of rotatable bonds is 2. The molecule has 0 spiro atoms. The summed E-state index contributed by atoms with van der Waals surface area (Å²) in [4.78, 5) is 7.85. The van der Waals surface area contributed by atoms with Gasteiger partial charge in [0.1, 0.15) is 11.3 Å². The Morgan fingerprint density at radius 2 is 2.05 bits per heavy atom. The van der Waals surface area contributed by atoms with E-state index in [1.54, 1.807) is 0 Å². The maximum Gasteiger partial charge on any atom is 0.155 e. The lowest BCUT2D eigenvalue weighted by Gasteiger charge is -2.07. The molecular weight excluding hydrogens is 250 g/mol. The molecule has 0 aliphatic rings. The van der Waals surface area contributed by atoms with Gasteiger partial charge in [0.05, 0.1) is 11.2 Å². The quantitative estimate of drug-likeness (QED) is 0.745. The second kappa shape index (κ2) is 4.40. The van der Waals surface area contributed by atoms with Gasteiger partial charge in [-0.25, -0.2) is 4.98 Å². The molecule has 0 unspecified atom stereocenters. The first-order chi connectivity index (χ1) is 9.47. The van der Waals surface area contributed by atoms with Crippen LogP contribution < -0.4 is 0 Å². The Labute approximate surface area is 118 Å². The first-order valence-electron chi connectivity index (χ1n) is 6.82. The Balaban J connectivity index is 2.21. The highest BCUT2D eigenvalue weighted by atomic mass is 16.3. The van der Waals surface area contributed by atoms with E-state index in [1.165, 1.54) is 5.56 Å². The van der Waals surface area contributed by atoms with Crippen molar-refractivity contribution in [2.45, 2.75) is 26.7 Å². The van der Waals surface area contributed by atoms with Crippen molar-refractivity contribution in [2.24, 2.45) is 7.05 Å². The van der Waals surface area contributed by atoms with Crippen LogP contribution in [-0.2, 0) is 7.05 Å². The summed E-state index contributed by atoms with van der Waals surface area (Å²) in [5.74, 6) is 1.34. The summed E-state index contributed by atoms with van der Waals surface area (Å²) in [7, 11) is 1.99. The van der Waals surface area contributed by atoms with Gasteiger partial charge in [-0.2, -0.15) is 0 Å². The molecule has 2 heterocycles. The van der Waals surface area contributed by atoms with Crippen LogP contribution in [-0.4, -0.2) is 19.6 Å². The molecular formula is C16H19N3O. The first kappa shape index (κ1) is 12.8. The van der Waals surface area contributed by atoms with Crippen molar-refractivity contribution in [3.8, 4) is 17.3 Å². The molecule has 0 saturated carbocycles. The van der Waals surface area contributed by atoms with Gasteiger partial charge in [0.15, 0.2) is 5.82 Å². The number of aryl methyl sites for hydroxylation is 2. The first-order valence-corrected chi connectivity index (χ1v) is 6.82. The number of aromatic amines is 1. The molecule has 3 rings (SSSR count). The summed E-state index contributed by atoms with van der Waals surface area (Å²) >= 11 is 0. The van der Waals surface area contributed by atoms with Gasteiger partial charge in [-0.1, -0.05) is 19.9 Å². The van der Waals surface area contributed by atoms with Crippen LogP contribution in [0.25, 0.3) is 22.6 Å². The number of nitrogens with one attached hydrogen (secondary N) is 1. The van der Waals surface area contributed by atoms with Crippen molar-refractivity contribution in [1.82, 2.24) is 14.5 Å². The molecule has 2 N–H and O–H groups in total. The van der Waals surface area contributed by atoms with E-state index in [4.69, 9.17) is 0 Å². The number of aromatic hydroxyl groups is 1. The predicted molar refractivity (Wildman–Crippen MR) is 81.0 cm³/mol. The van der Waals surface area contributed by atoms with Crippen LogP contribution >= 0.6 is 0 Å². The summed E-state index contributed by atoms with van der Waals surface area (Å²) in [6.45, 7) is 6.19. The molecule has 0 atom stereocenters. The lowest BCUT2D eigenvalue weighted by molar-refractivity contribution is 0.470. The van der Waals surface area contributed by atoms with Gasteiger partial charge < -0.3 is 14.7 Å². The van der Waals surface area contributed by atoms with Crippen molar-refractivity contribution in [1.29, 1.82) is 0 Å². The smallest absolute Gasteiger partial charge is 0.155 e. The van der Waals surface area contributed by atoms with Crippen LogP contribution in [0.4, 0.5) is 0 Å². The average molecular weight is 269 g/mol. The van der Waals surface area contributed by atoms with Gasteiger partial charge in [0.25, 0.3) is 0 Å². The number of phenols is 1. The molecule has 104 valence electrons. The van der Waals surface area contributed by atoms with Gasteiger partial charge in [-0.3, -0.25) is 0 Å².